The molecule has 96 valence electrons. The number of rotatable bonds is 2. The molecule has 6 heteroatoms. The lowest BCUT2D eigenvalue weighted by atomic mass is 10.1. The van der Waals surface area contributed by atoms with Crippen molar-refractivity contribution in [3.63, 3.8) is 0 Å². The lowest BCUT2D eigenvalue weighted by molar-refractivity contribution is 0.101. The quantitative estimate of drug-likeness (QED) is 0.910. The van der Waals surface area contributed by atoms with Crippen LogP contribution in [0.25, 0.3) is 0 Å². The smallest absolute Gasteiger partial charge is 0.274 e. The number of carbonyl (C=O) groups is 1. The maximum Gasteiger partial charge on any atom is 0.274 e. The first-order valence-corrected chi connectivity index (χ1v) is 6.86. The average molecular weight is 272 g/mol. The van der Waals surface area contributed by atoms with Gasteiger partial charge in [-0.15, -0.1) is 11.3 Å². The number of nitrogens with zero attached hydrogens (tertiary/aromatic N) is 3. The first kappa shape index (κ1) is 11.9. The van der Waals surface area contributed by atoms with Crippen molar-refractivity contribution in [2.45, 2.75) is 19.3 Å². The van der Waals surface area contributed by atoms with Crippen LogP contribution in [0.5, 0.6) is 0 Å². The molecule has 2 aromatic rings. The molecule has 1 aliphatic carbocycles. The monoisotopic (exact) mass is 272 g/mol. The van der Waals surface area contributed by atoms with E-state index in [0.29, 0.717) is 16.3 Å². The molecule has 3 rings (SSSR count). The minimum Gasteiger partial charge on any atom is -0.311 e. The zero-order chi connectivity index (χ0) is 13.4. The fourth-order valence-electron chi connectivity index (χ4n) is 2.37. The van der Waals surface area contributed by atoms with E-state index in [2.05, 4.69) is 16.5 Å². The van der Waals surface area contributed by atoms with Crippen LogP contribution in [-0.2, 0) is 19.9 Å². The molecule has 0 saturated heterocycles. The second-order valence-electron chi connectivity index (χ2n) is 4.47. The minimum absolute atomic E-state index is 0.226. The summed E-state index contributed by atoms with van der Waals surface area (Å²) in [4.78, 5) is 13.3. The van der Waals surface area contributed by atoms with Crippen LogP contribution in [0.2, 0.25) is 0 Å². The Bertz CT molecular complexity index is 692. The van der Waals surface area contributed by atoms with Gasteiger partial charge in [-0.3, -0.25) is 9.48 Å². The molecular weight excluding hydrogens is 260 g/mol. The van der Waals surface area contributed by atoms with Crippen molar-refractivity contribution in [1.29, 1.82) is 5.26 Å². The molecule has 0 aliphatic heterocycles. The predicted molar refractivity (Wildman–Crippen MR) is 72.2 cm³/mol. The Morgan fingerprint density at radius 2 is 2.42 bits per heavy atom. The summed E-state index contributed by atoms with van der Waals surface area (Å²) in [6.45, 7) is 0. The molecule has 5 nitrogen and oxygen atoms in total. The van der Waals surface area contributed by atoms with Gasteiger partial charge in [-0.1, -0.05) is 0 Å². The van der Waals surface area contributed by atoms with Crippen molar-refractivity contribution >= 4 is 22.2 Å². The summed E-state index contributed by atoms with van der Waals surface area (Å²) in [7, 11) is 1.72. The van der Waals surface area contributed by atoms with Crippen molar-refractivity contribution in [2.75, 3.05) is 5.32 Å². The van der Waals surface area contributed by atoms with Crippen LogP contribution in [0.3, 0.4) is 0 Å². The van der Waals surface area contributed by atoms with E-state index in [9.17, 15) is 10.1 Å². The summed E-state index contributed by atoms with van der Waals surface area (Å²) in [5, 5.41) is 16.7. The number of nitriles is 1. The van der Waals surface area contributed by atoms with Crippen LogP contribution >= 0.6 is 11.3 Å². The van der Waals surface area contributed by atoms with Crippen molar-refractivity contribution in [3.8, 4) is 6.07 Å². The number of nitrogens with one attached hydrogen (secondary N) is 1. The van der Waals surface area contributed by atoms with E-state index in [-0.39, 0.29) is 5.91 Å². The largest absolute Gasteiger partial charge is 0.311 e. The SMILES string of the molecule is Cn1nccc1C(=O)Nc1sc2c(c1C#N)CCC2. The number of aromatic nitrogens is 2. The highest BCUT2D eigenvalue weighted by Crippen LogP contribution is 2.38. The van der Waals surface area contributed by atoms with Gasteiger partial charge in [-0.05, 0) is 30.9 Å². The van der Waals surface area contributed by atoms with Crippen LogP contribution < -0.4 is 5.32 Å². The van der Waals surface area contributed by atoms with E-state index in [1.165, 1.54) is 20.9 Å². The third-order valence-electron chi connectivity index (χ3n) is 3.31. The Hall–Kier alpha value is -2.13. The van der Waals surface area contributed by atoms with Crippen molar-refractivity contribution in [1.82, 2.24) is 9.78 Å². The van der Waals surface area contributed by atoms with E-state index >= 15 is 0 Å². The Morgan fingerprint density at radius 3 is 3.11 bits per heavy atom. The van der Waals surface area contributed by atoms with Gasteiger partial charge < -0.3 is 5.32 Å². The van der Waals surface area contributed by atoms with E-state index in [1.807, 2.05) is 0 Å². The van der Waals surface area contributed by atoms with Gasteiger partial charge in [-0.25, -0.2) is 0 Å². The number of fused-ring (bicyclic) bond motifs is 1. The minimum atomic E-state index is -0.226. The topological polar surface area (TPSA) is 70.7 Å². The van der Waals surface area contributed by atoms with Crippen LogP contribution in [0.15, 0.2) is 12.3 Å². The number of amides is 1. The molecule has 0 fully saturated rings. The fraction of sp³-hybridized carbons (Fsp3) is 0.308. The van der Waals surface area contributed by atoms with Crippen LogP contribution in [-0.4, -0.2) is 15.7 Å². The number of anilines is 1. The lowest BCUT2D eigenvalue weighted by Crippen LogP contribution is -2.16. The highest BCUT2D eigenvalue weighted by Gasteiger charge is 2.23. The summed E-state index contributed by atoms with van der Waals surface area (Å²) in [5.74, 6) is -0.226. The van der Waals surface area contributed by atoms with Gasteiger partial charge in [-0.2, -0.15) is 10.4 Å². The van der Waals surface area contributed by atoms with Gasteiger partial charge in [0.05, 0.1) is 5.56 Å². The van der Waals surface area contributed by atoms with Gasteiger partial charge >= 0.3 is 0 Å². The number of hydrogen-bond donors (Lipinski definition) is 1. The van der Waals surface area contributed by atoms with Crippen molar-refractivity contribution in [3.05, 3.63) is 34.0 Å². The Morgan fingerprint density at radius 1 is 1.58 bits per heavy atom. The van der Waals surface area contributed by atoms with Gasteiger partial charge in [0, 0.05) is 18.1 Å². The zero-order valence-electron chi connectivity index (χ0n) is 10.4. The van der Waals surface area contributed by atoms with Gasteiger partial charge in [0.1, 0.15) is 16.8 Å². The third kappa shape index (κ3) is 1.92. The molecule has 2 heterocycles. The summed E-state index contributed by atoms with van der Waals surface area (Å²) >= 11 is 1.52. The molecule has 1 N–H and O–H groups in total. The first-order valence-electron chi connectivity index (χ1n) is 6.04. The van der Waals surface area contributed by atoms with E-state index in [0.717, 1.165) is 24.8 Å². The van der Waals surface area contributed by atoms with E-state index in [1.54, 1.807) is 19.3 Å². The molecular formula is C13H12N4OS. The first-order chi connectivity index (χ1) is 9.20. The summed E-state index contributed by atoms with van der Waals surface area (Å²) < 4.78 is 1.52. The van der Waals surface area contributed by atoms with E-state index < -0.39 is 0 Å². The second kappa shape index (κ2) is 4.52. The highest BCUT2D eigenvalue weighted by atomic mass is 32.1. The van der Waals surface area contributed by atoms with E-state index in [4.69, 9.17) is 0 Å². The number of carbonyl (C=O) groups excluding carboxylic acids is 1. The van der Waals surface area contributed by atoms with Crippen molar-refractivity contribution < 1.29 is 4.79 Å². The fourth-order valence-corrected chi connectivity index (χ4v) is 3.61. The third-order valence-corrected chi connectivity index (χ3v) is 4.52. The zero-order valence-corrected chi connectivity index (χ0v) is 11.3. The molecule has 0 bridgehead atoms. The van der Waals surface area contributed by atoms with Crippen LogP contribution in [0.4, 0.5) is 5.00 Å². The standard InChI is InChI=1S/C13H12N4OS/c1-17-10(5-6-15-17)12(18)16-13-9(7-14)8-3-2-4-11(8)19-13/h5-6H,2-4H2,1H3,(H,16,18). The molecule has 1 aliphatic rings. The maximum absolute atomic E-state index is 12.1. The molecule has 0 aromatic carbocycles. The Labute approximate surface area is 114 Å². The van der Waals surface area contributed by atoms with Crippen LogP contribution in [0, 0.1) is 11.3 Å². The van der Waals surface area contributed by atoms with Crippen molar-refractivity contribution in [2.24, 2.45) is 7.05 Å². The summed E-state index contributed by atoms with van der Waals surface area (Å²) in [6.07, 6.45) is 4.63. The Kier molecular flexibility index (Phi) is 2.84. The van der Waals surface area contributed by atoms with Gasteiger partial charge in [0.25, 0.3) is 5.91 Å². The molecule has 0 radical (unpaired) electrons. The second-order valence-corrected chi connectivity index (χ2v) is 5.57. The van der Waals surface area contributed by atoms with Gasteiger partial charge in [0.2, 0.25) is 0 Å². The maximum atomic E-state index is 12.1. The normalized spacial score (nSPS) is 13.1. The molecule has 19 heavy (non-hydrogen) atoms. The number of aryl methyl sites for hydroxylation is 2. The molecule has 0 atom stereocenters. The highest BCUT2D eigenvalue weighted by molar-refractivity contribution is 7.16. The number of thiophene rings is 1. The molecule has 0 saturated carbocycles. The van der Waals surface area contributed by atoms with Gasteiger partial charge in [0.15, 0.2) is 0 Å². The predicted octanol–water partition coefficient (Wildman–Crippen LogP) is 2.09. The number of hydrogen-bond acceptors (Lipinski definition) is 4. The molecule has 1 amide bonds. The van der Waals surface area contributed by atoms with Crippen LogP contribution in [0.1, 0.15) is 32.9 Å². The average Bonchev–Trinajstić information content (AvgIpc) is 3.04. The molecule has 0 unspecified atom stereocenters. The summed E-state index contributed by atoms with van der Waals surface area (Å²) in [5.41, 5.74) is 2.23. The molecule has 2 aromatic heterocycles. The summed E-state index contributed by atoms with van der Waals surface area (Å²) in [6, 6.07) is 3.87. The lowest BCUT2D eigenvalue weighted by Gasteiger charge is -2.04. The Balaban J connectivity index is 1.91. The molecule has 0 spiro atoms.